The third-order valence-corrected chi connectivity index (χ3v) is 5.47. The second-order valence-electron chi connectivity index (χ2n) is 6.57. The lowest BCUT2D eigenvalue weighted by atomic mass is 10.1. The van der Waals surface area contributed by atoms with Gasteiger partial charge in [0.15, 0.2) is 16.4 Å². The highest BCUT2D eigenvalue weighted by molar-refractivity contribution is 7.89. The Hall–Kier alpha value is -1.87. The molecule has 25 heavy (non-hydrogen) atoms. The van der Waals surface area contributed by atoms with E-state index >= 15 is 0 Å². The maximum atomic E-state index is 12.7. The number of nitro benzene ring substituents is 1. The number of nitro groups is 1. The molecule has 1 aromatic rings. The topological polar surface area (TPSA) is 108 Å². The summed E-state index contributed by atoms with van der Waals surface area (Å²) in [6, 6.07) is 1.97. The minimum atomic E-state index is -4.06. The third kappa shape index (κ3) is 5.05. The molecule has 0 amide bonds. The standard InChI is InChI=1S/C16H24N2O6S/c1-11(2)5-6-12(3)17-25(21,22)16-10-15-14(9-13(16)18(19)20)23-7-4-8-24-15/h9-12,17H,4-8H2,1-3H3/t12-/m0/s1. The minimum absolute atomic E-state index is 0.191. The molecule has 0 spiro atoms. The Bertz CT molecular complexity index is 732. The molecule has 0 unspecified atom stereocenters. The van der Waals surface area contributed by atoms with Gasteiger partial charge in [-0.15, -0.1) is 0 Å². The van der Waals surface area contributed by atoms with Crippen molar-refractivity contribution in [3.8, 4) is 11.5 Å². The molecule has 140 valence electrons. The predicted molar refractivity (Wildman–Crippen MR) is 92.6 cm³/mol. The highest BCUT2D eigenvalue weighted by atomic mass is 32.2. The average Bonchev–Trinajstić information content (AvgIpc) is 2.75. The lowest BCUT2D eigenvalue weighted by Gasteiger charge is -2.16. The Kier molecular flexibility index (Phi) is 6.23. The molecular weight excluding hydrogens is 348 g/mol. The summed E-state index contributed by atoms with van der Waals surface area (Å²) >= 11 is 0. The van der Waals surface area contributed by atoms with Crippen molar-refractivity contribution in [1.82, 2.24) is 4.72 Å². The molecule has 0 saturated heterocycles. The van der Waals surface area contributed by atoms with Crippen molar-refractivity contribution in [3.63, 3.8) is 0 Å². The molecule has 2 rings (SSSR count). The van der Waals surface area contributed by atoms with E-state index in [1.165, 1.54) is 6.07 Å². The molecule has 9 heteroatoms. The largest absolute Gasteiger partial charge is 0.490 e. The molecule has 0 fully saturated rings. The lowest BCUT2D eigenvalue weighted by molar-refractivity contribution is -0.387. The van der Waals surface area contributed by atoms with Gasteiger partial charge in [-0.25, -0.2) is 13.1 Å². The second kappa shape index (κ2) is 8.01. The first-order valence-electron chi connectivity index (χ1n) is 8.31. The molecule has 1 heterocycles. The van der Waals surface area contributed by atoms with Crippen LogP contribution in [0.2, 0.25) is 0 Å². The van der Waals surface area contributed by atoms with Crippen LogP contribution in [-0.4, -0.2) is 32.6 Å². The van der Waals surface area contributed by atoms with Crippen molar-refractivity contribution in [2.75, 3.05) is 13.2 Å². The molecule has 0 bridgehead atoms. The Morgan fingerprint density at radius 3 is 2.32 bits per heavy atom. The van der Waals surface area contributed by atoms with Crippen molar-refractivity contribution in [3.05, 3.63) is 22.2 Å². The van der Waals surface area contributed by atoms with Gasteiger partial charge in [-0.1, -0.05) is 13.8 Å². The summed E-state index contributed by atoms with van der Waals surface area (Å²) in [5.41, 5.74) is -0.521. The molecule has 1 aromatic carbocycles. The average molecular weight is 372 g/mol. The molecule has 1 aliphatic heterocycles. The van der Waals surface area contributed by atoms with Crippen LogP contribution in [0.5, 0.6) is 11.5 Å². The fourth-order valence-electron chi connectivity index (χ4n) is 2.51. The molecule has 0 saturated carbocycles. The highest BCUT2D eigenvalue weighted by Crippen LogP contribution is 2.38. The maximum absolute atomic E-state index is 12.7. The zero-order valence-electron chi connectivity index (χ0n) is 14.6. The molecule has 8 nitrogen and oxygen atoms in total. The van der Waals surface area contributed by atoms with E-state index in [0.717, 1.165) is 12.5 Å². The molecule has 0 radical (unpaired) electrons. The molecule has 0 aromatic heterocycles. The first-order chi connectivity index (χ1) is 11.7. The number of nitrogens with one attached hydrogen (secondary N) is 1. The summed E-state index contributed by atoms with van der Waals surface area (Å²) in [6.45, 7) is 6.57. The Morgan fingerprint density at radius 2 is 1.76 bits per heavy atom. The van der Waals surface area contributed by atoms with Crippen molar-refractivity contribution in [2.45, 2.75) is 51.0 Å². The van der Waals surface area contributed by atoms with Crippen LogP contribution in [0.4, 0.5) is 5.69 Å². The highest BCUT2D eigenvalue weighted by Gasteiger charge is 2.30. The Balaban J connectivity index is 2.35. The first kappa shape index (κ1) is 19.5. The second-order valence-corrected chi connectivity index (χ2v) is 8.25. The Labute approximate surface area is 147 Å². The van der Waals surface area contributed by atoms with Crippen LogP contribution in [0.1, 0.15) is 40.0 Å². The van der Waals surface area contributed by atoms with E-state index in [0.29, 0.717) is 32.0 Å². The number of benzene rings is 1. The maximum Gasteiger partial charge on any atom is 0.293 e. The van der Waals surface area contributed by atoms with E-state index in [4.69, 9.17) is 9.47 Å². The van der Waals surface area contributed by atoms with Crippen LogP contribution in [0.25, 0.3) is 0 Å². The van der Waals surface area contributed by atoms with Gasteiger partial charge in [0.25, 0.3) is 5.69 Å². The number of hydrogen-bond donors (Lipinski definition) is 1. The van der Waals surface area contributed by atoms with Crippen LogP contribution >= 0.6 is 0 Å². The van der Waals surface area contributed by atoms with Gasteiger partial charge in [-0.2, -0.15) is 0 Å². The quantitative estimate of drug-likeness (QED) is 0.582. The molecule has 1 atom stereocenters. The zero-order chi connectivity index (χ0) is 18.6. The van der Waals surface area contributed by atoms with E-state index in [-0.39, 0.29) is 17.5 Å². The Morgan fingerprint density at radius 1 is 1.16 bits per heavy atom. The fraction of sp³-hybridized carbons (Fsp3) is 0.625. The van der Waals surface area contributed by atoms with E-state index in [1.54, 1.807) is 6.92 Å². The summed E-state index contributed by atoms with van der Waals surface area (Å²) in [4.78, 5) is 10.2. The summed E-state index contributed by atoms with van der Waals surface area (Å²) in [6.07, 6.45) is 2.12. The molecule has 1 N–H and O–H groups in total. The van der Waals surface area contributed by atoms with Gasteiger partial charge in [-0.05, 0) is 25.7 Å². The molecule has 0 aliphatic carbocycles. The minimum Gasteiger partial charge on any atom is -0.490 e. The molecular formula is C16H24N2O6S. The van der Waals surface area contributed by atoms with Gasteiger partial charge in [0.05, 0.1) is 24.2 Å². The lowest BCUT2D eigenvalue weighted by Crippen LogP contribution is -2.33. The predicted octanol–water partition coefficient (Wildman–Crippen LogP) is 2.86. The van der Waals surface area contributed by atoms with Gasteiger partial charge in [-0.3, -0.25) is 10.1 Å². The summed E-state index contributed by atoms with van der Waals surface area (Å²) in [5, 5.41) is 11.4. The molecule has 1 aliphatic rings. The van der Waals surface area contributed by atoms with Crippen molar-refractivity contribution in [1.29, 1.82) is 0 Å². The van der Waals surface area contributed by atoms with Gasteiger partial charge >= 0.3 is 0 Å². The fourth-order valence-corrected chi connectivity index (χ4v) is 3.95. The zero-order valence-corrected chi connectivity index (χ0v) is 15.5. The smallest absolute Gasteiger partial charge is 0.293 e. The number of nitrogens with zero attached hydrogens (tertiary/aromatic N) is 1. The van der Waals surface area contributed by atoms with Gasteiger partial charge < -0.3 is 9.47 Å². The van der Waals surface area contributed by atoms with Crippen LogP contribution in [0.3, 0.4) is 0 Å². The van der Waals surface area contributed by atoms with Crippen LogP contribution < -0.4 is 14.2 Å². The van der Waals surface area contributed by atoms with E-state index in [2.05, 4.69) is 18.6 Å². The van der Waals surface area contributed by atoms with Gasteiger partial charge in [0.2, 0.25) is 10.0 Å². The summed E-state index contributed by atoms with van der Waals surface area (Å²) < 4.78 is 38.7. The number of fused-ring (bicyclic) bond motifs is 1. The van der Waals surface area contributed by atoms with Crippen molar-refractivity contribution in [2.24, 2.45) is 5.92 Å². The van der Waals surface area contributed by atoms with Crippen LogP contribution in [-0.2, 0) is 10.0 Å². The van der Waals surface area contributed by atoms with Crippen LogP contribution in [0.15, 0.2) is 17.0 Å². The number of ether oxygens (including phenoxy) is 2. The number of sulfonamides is 1. The monoisotopic (exact) mass is 372 g/mol. The van der Waals surface area contributed by atoms with Crippen molar-refractivity contribution >= 4 is 15.7 Å². The van der Waals surface area contributed by atoms with Gasteiger partial charge in [0, 0.05) is 18.5 Å². The van der Waals surface area contributed by atoms with E-state index in [1.807, 2.05) is 0 Å². The van der Waals surface area contributed by atoms with E-state index < -0.39 is 25.5 Å². The van der Waals surface area contributed by atoms with Crippen molar-refractivity contribution < 1.29 is 22.8 Å². The summed E-state index contributed by atoms with van der Waals surface area (Å²) in [5.74, 6) is 0.841. The van der Waals surface area contributed by atoms with E-state index in [9.17, 15) is 18.5 Å². The van der Waals surface area contributed by atoms with Crippen LogP contribution in [0, 0.1) is 16.0 Å². The number of rotatable bonds is 7. The number of hydrogen-bond acceptors (Lipinski definition) is 6. The SMILES string of the molecule is CC(C)CC[C@H](C)NS(=O)(=O)c1cc2c(cc1[N+](=O)[O-])OCCCO2. The first-order valence-corrected chi connectivity index (χ1v) is 9.79. The van der Waals surface area contributed by atoms with Gasteiger partial charge in [0.1, 0.15) is 0 Å². The normalized spacial score (nSPS) is 15.7. The third-order valence-electron chi connectivity index (χ3n) is 3.85. The summed E-state index contributed by atoms with van der Waals surface area (Å²) in [7, 11) is -4.06.